The first-order valence-electron chi connectivity index (χ1n) is 5.36. The largest absolute Gasteiger partial charge is 0.476 e. The Hall–Kier alpha value is -2.41. The van der Waals surface area contributed by atoms with E-state index in [-0.39, 0.29) is 10.6 Å². The van der Waals surface area contributed by atoms with Gasteiger partial charge < -0.3 is 9.52 Å². The number of carboxylic acids is 1. The highest BCUT2D eigenvalue weighted by atomic mass is 32.1. The van der Waals surface area contributed by atoms with E-state index >= 15 is 0 Å². The molecule has 0 radical (unpaired) electrons. The van der Waals surface area contributed by atoms with Crippen LogP contribution >= 0.6 is 11.3 Å². The molecule has 0 atom stereocenters. The fourth-order valence-corrected chi connectivity index (χ4v) is 2.58. The molecule has 3 rings (SSSR count). The van der Waals surface area contributed by atoms with Gasteiger partial charge in [0.05, 0.1) is 10.4 Å². The summed E-state index contributed by atoms with van der Waals surface area (Å²) < 4.78 is 7.20. The quantitative estimate of drug-likeness (QED) is 0.773. The molecule has 3 aromatic rings. The Morgan fingerprint density at radius 3 is 2.89 bits per heavy atom. The lowest BCUT2D eigenvalue weighted by atomic mass is 10.1. The number of hydrogen-bond acceptors (Lipinski definition) is 5. The van der Waals surface area contributed by atoms with E-state index in [0.29, 0.717) is 11.3 Å². The van der Waals surface area contributed by atoms with Crippen molar-refractivity contribution in [3.05, 3.63) is 39.7 Å². The van der Waals surface area contributed by atoms with Crippen LogP contribution in [0.3, 0.4) is 0 Å². The van der Waals surface area contributed by atoms with E-state index in [2.05, 4.69) is 5.10 Å². The molecule has 0 saturated carbocycles. The van der Waals surface area contributed by atoms with Gasteiger partial charge in [-0.2, -0.15) is 5.10 Å². The Balaban J connectivity index is 2.18. The maximum atomic E-state index is 11.2. The minimum absolute atomic E-state index is 0.0158. The van der Waals surface area contributed by atoms with Crippen molar-refractivity contribution in [1.29, 1.82) is 0 Å². The number of aromatic nitrogens is 2. The minimum Gasteiger partial charge on any atom is -0.476 e. The number of aryl methyl sites for hydroxylation is 1. The minimum atomic E-state index is -1.07. The van der Waals surface area contributed by atoms with Crippen LogP contribution in [0.2, 0.25) is 0 Å². The van der Waals surface area contributed by atoms with Crippen LogP contribution in [-0.2, 0) is 7.05 Å². The monoisotopic (exact) mass is 276 g/mol. The number of rotatable bonds is 2. The van der Waals surface area contributed by atoms with E-state index in [9.17, 15) is 9.59 Å². The topological polar surface area (TPSA) is 85.3 Å². The van der Waals surface area contributed by atoms with Crippen LogP contribution in [0.15, 0.2) is 33.5 Å². The molecular weight excluding hydrogens is 268 g/mol. The van der Waals surface area contributed by atoms with Crippen LogP contribution < -0.4 is 4.94 Å². The molecule has 0 spiro atoms. The molecule has 0 aliphatic rings. The number of aromatic carboxylic acids is 1. The Labute approximate surface area is 110 Å². The zero-order chi connectivity index (χ0) is 13.6. The molecule has 0 fully saturated rings. The van der Waals surface area contributed by atoms with Crippen molar-refractivity contribution in [2.45, 2.75) is 0 Å². The predicted octanol–water partition coefficient (Wildman–Crippen LogP) is 1.95. The lowest BCUT2D eigenvalue weighted by Gasteiger charge is -2.00. The molecule has 2 heterocycles. The number of carbonyl (C=O) groups is 1. The first kappa shape index (κ1) is 11.7. The average Bonchev–Trinajstić information content (AvgIpc) is 2.90. The molecule has 0 aliphatic heterocycles. The second-order valence-corrected chi connectivity index (χ2v) is 4.94. The van der Waals surface area contributed by atoms with Gasteiger partial charge in [-0.15, -0.1) is 0 Å². The standard InChI is InChI=1S/C12H8N2O4S/c1-14-8(5-7(13-14)11(15)16)6-2-3-9-10(4-6)19-12(17)18-9/h2-5H,1H3,(H,15,16). The normalized spacial score (nSPS) is 11.0. The summed E-state index contributed by atoms with van der Waals surface area (Å²) in [6.45, 7) is 0. The van der Waals surface area contributed by atoms with Crippen molar-refractivity contribution >= 4 is 27.6 Å². The summed E-state index contributed by atoms with van der Waals surface area (Å²) in [5.74, 6) is -1.07. The number of hydrogen-bond donors (Lipinski definition) is 1. The highest BCUT2D eigenvalue weighted by Gasteiger charge is 2.13. The van der Waals surface area contributed by atoms with Crippen molar-refractivity contribution in [2.24, 2.45) is 7.05 Å². The van der Waals surface area contributed by atoms with E-state index in [0.717, 1.165) is 21.6 Å². The molecule has 2 aromatic heterocycles. The van der Waals surface area contributed by atoms with Crippen LogP contribution in [0.5, 0.6) is 0 Å². The van der Waals surface area contributed by atoms with Crippen LogP contribution in [0.1, 0.15) is 10.5 Å². The predicted molar refractivity (Wildman–Crippen MR) is 69.5 cm³/mol. The van der Waals surface area contributed by atoms with E-state index in [1.807, 2.05) is 0 Å². The summed E-state index contributed by atoms with van der Waals surface area (Å²) in [4.78, 5) is 21.7. The van der Waals surface area contributed by atoms with Crippen molar-refractivity contribution < 1.29 is 14.3 Å². The zero-order valence-corrected chi connectivity index (χ0v) is 10.6. The molecule has 96 valence electrons. The summed E-state index contributed by atoms with van der Waals surface area (Å²) in [5.41, 5.74) is 1.96. The Morgan fingerprint density at radius 2 is 2.21 bits per heavy atom. The Morgan fingerprint density at radius 1 is 1.42 bits per heavy atom. The fourth-order valence-electron chi connectivity index (χ4n) is 1.87. The summed E-state index contributed by atoms with van der Waals surface area (Å²) in [5, 5.41) is 12.8. The van der Waals surface area contributed by atoms with Crippen LogP contribution in [-0.4, -0.2) is 20.9 Å². The number of fused-ring (bicyclic) bond motifs is 1. The molecule has 1 N–H and O–H groups in total. The van der Waals surface area contributed by atoms with E-state index in [1.165, 1.54) is 10.7 Å². The van der Waals surface area contributed by atoms with Crippen LogP contribution in [0, 0.1) is 0 Å². The van der Waals surface area contributed by atoms with Gasteiger partial charge >= 0.3 is 10.9 Å². The molecule has 1 aromatic carbocycles. The van der Waals surface area contributed by atoms with Gasteiger partial charge in [0.2, 0.25) is 0 Å². The van der Waals surface area contributed by atoms with Gasteiger partial charge in [0.1, 0.15) is 5.58 Å². The molecule has 0 aliphatic carbocycles. The summed E-state index contributed by atoms with van der Waals surface area (Å²) >= 11 is 1.01. The summed E-state index contributed by atoms with van der Waals surface area (Å²) in [6.07, 6.45) is 0. The number of benzene rings is 1. The molecule has 0 amide bonds. The SMILES string of the molecule is Cn1nc(C(=O)O)cc1-c1ccc2oc(=O)sc2c1. The second-order valence-electron chi connectivity index (χ2n) is 3.96. The summed E-state index contributed by atoms with van der Waals surface area (Å²) in [6, 6.07) is 6.73. The first-order chi connectivity index (χ1) is 9.04. The van der Waals surface area contributed by atoms with Crippen LogP contribution in [0.4, 0.5) is 0 Å². The fraction of sp³-hybridized carbons (Fsp3) is 0.0833. The maximum Gasteiger partial charge on any atom is 0.396 e. The van der Waals surface area contributed by atoms with Gasteiger partial charge in [0.25, 0.3) is 0 Å². The molecule has 6 nitrogen and oxygen atoms in total. The highest BCUT2D eigenvalue weighted by molar-refractivity contribution is 7.16. The van der Waals surface area contributed by atoms with Gasteiger partial charge in [-0.3, -0.25) is 4.68 Å². The van der Waals surface area contributed by atoms with Crippen molar-refractivity contribution in [2.75, 3.05) is 0 Å². The zero-order valence-electron chi connectivity index (χ0n) is 9.78. The Bertz CT molecular complexity index is 843. The number of carboxylic acid groups (broad SMARTS) is 1. The summed E-state index contributed by atoms with van der Waals surface area (Å²) in [7, 11) is 1.67. The van der Waals surface area contributed by atoms with Gasteiger partial charge in [-0.25, -0.2) is 9.59 Å². The lowest BCUT2D eigenvalue weighted by Crippen LogP contribution is -1.99. The van der Waals surface area contributed by atoms with Gasteiger partial charge in [0, 0.05) is 12.6 Å². The second kappa shape index (κ2) is 4.06. The highest BCUT2D eigenvalue weighted by Crippen LogP contribution is 2.26. The molecule has 0 bridgehead atoms. The Kier molecular flexibility index (Phi) is 2.49. The molecule has 0 unspecified atom stereocenters. The average molecular weight is 276 g/mol. The van der Waals surface area contributed by atoms with Gasteiger partial charge in [-0.05, 0) is 24.3 Å². The van der Waals surface area contributed by atoms with Crippen LogP contribution in [0.25, 0.3) is 21.5 Å². The van der Waals surface area contributed by atoms with E-state index < -0.39 is 5.97 Å². The van der Waals surface area contributed by atoms with Gasteiger partial charge in [0.15, 0.2) is 5.69 Å². The van der Waals surface area contributed by atoms with Crippen molar-refractivity contribution in [3.8, 4) is 11.3 Å². The molecule has 7 heteroatoms. The third kappa shape index (κ3) is 1.93. The molecule has 0 saturated heterocycles. The van der Waals surface area contributed by atoms with Crippen molar-refractivity contribution in [3.63, 3.8) is 0 Å². The smallest absolute Gasteiger partial charge is 0.396 e. The molecule has 19 heavy (non-hydrogen) atoms. The van der Waals surface area contributed by atoms with Crippen molar-refractivity contribution in [1.82, 2.24) is 9.78 Å². The van der Waals surface area contributed by atoms with E-state index in [1.54, 1.807) is 25.2 Å². The first-order valence-corrected chi connectivity index (χ1v) is 6.17. The third-order valence-electron chi connectivity index (χ3n) is 2.72. The molecular formula is C12H8N2O4S. The maximum absolute atomic E-state index is 11.2. The number of nitrogens with zero attached hydrogens (tertiary/aromatic N) is 2. The third-order valence-corrected chi connectivity index (χ3v) is 3.51. The lowest BCUT2D eigenvalue weighted by molar-refractivity contribution is 0.0689. The van der Waals surface area contributed by atoms with E-state index in [4.69, 9.17) is 9.52 Å². The van der Waals surface area contributed by atoms with Gasteiger partial charge in [-0.1, -0.05) is 11.3 Å².